The van der Waals surface area contributed by atoms with Crippen molar-refractivity contribution in [3.05, 3.63) is 53.6 Å². The highest BCUT2D eigenvalue weighted by atomic mass is 32.1. The van der Waals surface area contributed by atoms with E-state index in [0.29, 0.717) is 33.8 Å². The van der Waals surface area contributed by atoms with E-state index in [1.54, 1.807) is 24.7 Å². The van der Waals surface area contributed by atoms with Gasteiger partial charge in [-0.2, -0.15) is 0 Å². The summed E-state index contributed by atoms with van der Waals surface area (Å²) in [5, 5.41) is 3.80. The average Bonchev–Trinajstić information content (AvgIpc) is 2.99. The van der Waals surface area contributed by atoms with Gasteiger partial charge in [0.15, 0.2) is 10.9 Å². The molecule has 7 heteroatoms. The SMILES string of the molecule is CC(=O)c1sc(NCc2ncccn2)nc1-c1ccccn1. The minimum atomic E-state index is -0.0258. The van der Waals surface area contributed by atoms with Crippen molar-refractivity contribution in [1.29, 1.82) is 0 Å². The zero-order valence-corrected chi connectivity index (χ0v) is 12.7. The van der Waals surface area contributed by atoms with E-state index in [2.05, 4.69) is 25.3 Å². The molecule has 0 bridgehead atoms. The van der Waals surface area contributed by atoms with Gasteiger partial charge in [-0.1, -0.05) is 17.4 Å². The van der Waals surface area contributed by atoms with E-state index in [1.165, 1.54) is 18.3 Å². The van der Waals surface area contributed by atoms with Crippen LogP contribution in [0.4, 0.5) is 5.13 Å². The highest BCUT2D eigenvalue weighted by molar-refractivity contribution is 7.18. The van der Waals surface area contributed by atoms with Crippen molar-refractivity contribution in [2.24, 2.45) is 0 Å². The average molecular weight is 311 g/mol. The molecule has 0 atom stereocenters. The molecule has 3 aromatic heterocycles. The molecule has 110 valence electrons. The Morgan fingerprint density at radius 2 is 1.91 bits per heavy atom. The predicted octanol–water partition coefficient (Wildman–Crippen LogP) is 2.81. The maximum Gasteiger partial charge on any atom is 0.184 e. The first-order valence-electron chi connectivity index (χ1n) is 6.67. The summed E-state index contributed by atoms with van der Waals surface area (Å²) in [5.41, 5.74) is 1.29. The topological polar surface area (TPSA) is 80.7 Å². The van der Waals surface area contributed by atoms with Crippen molar-refractivity contribution < 1.29 is 4.79 Å². The third kappa shape index (κ3) is 3.15. The fourth-order valence-electron chi connectivity index (χ4n) is 1.89. The summed E-state index contributed by atoms with van der Waals surface area (Å²) in [4.78, 5) is 29.4. The maximum absolute atomic E-state index is 11.8. The molecule has 0 radical (unpaired) electrons. The summed E-state index contributed by atoms with van der Waals surface area (Å²) in [7, 11) is 0. The largest absolute Gasteiger partial charge is 0.354 e. The molecule has 6 nitrogen and oxygen atoms in total. The predicted molar refractivity (Wildman–Crippen MR) is 84.7 cm³/mol. The van der Waals surface area contributed by atoms with Crippen molar-refractivity contribution in [3.63, 3.8) is 0 Å². The third-order valence-corrected chi connectivity index (χ3v) is 3.99. The molecule has 0 saturated heterocycles. The Bertz CT molecular complexity index is 773. The third-order valence-electron chi connectivity index (χ3n) is 2.87. The summed E-state index contributed by atoms with van der Waals surface area (Å²) >= 11 is 1.31. The van der Waals surface area contributed by atoms with Crippen LogP contribution >= 0.6 is 11.3 Å². The van der Waals surface area contributed by atoms with Crippen LogP contribution in [-0.4, -0.2) is 25.7 Å². The summed E-state index contributed by atoms with van der Waals surface area (Å²) in [6.45, 7) is 1.98. The Balaban J connectivity index is 1.86. The maximum atomic E-state index is 11.8. The first-order chi connectivity index (χ1) is 10.7. The summed E-state index contributed by atoms with van der Waals surface area (Å²) < 4.78 is 0. The lowest BCUT2D eigenvalue weighted by molar-refractivity contribution is 0.102. The number of nitrogens with zero attached hydrogens (tertiary/aromatic N) is 4. The second-order valence-electron chi connectivity index (χ2n) is 4.49. The van der Waals surface area contributed by atoms with Crippen LogP contribution in [-0.2, 0) is 6.54 Å². The second kappa shape index (κ2) is 6.40. The van der Waals surface area contributed by atoms with Crippen molar-refractivity contribution in [1.82, 2.24) is 19.9 Å². The minimum absolute atomic E-state index is 0.0258. The number of ketones is 1. The molecule has 0 amide bonds. The van der Waals surface area contributed by atoms with E-state index in [-0.39, 0.29) is 5.78 Å². The van der Waals surface area contributed by atoms with Crippen LogP contribution in [0, 0.1) is 0 Å². The molecular weight excluding hydrogens is 298 g/mol. The fourth-order valence-corrected chi connectivity index (χ4v) is 2.75. The van der Waals surface area contributed by atoms with Gasteiger partial charge in [-0.25, -0.2) is 15.0 Å². The van der Waals surface area contributed by atoms with Crippen LogP contribution in [0.2, 0.25) is 0 Å². The Kier molecular flexibility index (Phi) is 4.15. The van der Waals surface area contributed by atoms with Crippen LogP contribution in [0.5, 0.6) is 0 Å². The Labute approximate surface area is 131 Å². The summed E-state index contributed by atoms with van der Waals surface area (Å²) in [6.07, 6.45) is 5.06. The van der Waals surface area contributed by atoms with Crippen molar-refractivity contribution in [3.8, 4) is 11.4 Å². The Morgan fingerprint density at radius 3 is 2.59 bits per heavy atom. The molecule has 0 saturated carbocycles. The summed E-state index contributed by atoms with van der Waals surface area (Å²) in [6, 6.07) is 7.30. The molecule has 22 heavy (non-hydrogen) atoms. The quantitative estimate of drug-likeness (QED) is 0.730. The monoisotopic (exact) mass is 311 g/mol. The molecule has 0 aliphatic carbocycles. The van der Waals surface area contributed by atoms with Gasteiger partial charge in [0.2, 0.25) is 0 Å². The summed E-state index contributed by atoms with van der Waals surface area (Å²) in [5.74, 6) is 0.642. The zero-order valence-electron chi connectivity index (χ0n) is 11.9. The van der Waals surface area contributed by atoms with E-state index in [9.17, 15) is 4.79 Å². The molecule has 1 N–H and O–H groups in total. The second-order valence-corrected chi connectivity index (χ2v) is 5.49. The molecule has 0 unspecified atom stereocenters. The number of carbonyl (C=O) groups excluding carboxylic acids is 1. The molecule has 3 rings (SSSR count). The number of hydrogen-bond donors (Lipinski definition) is 1. The smallest absolute Gasteiger partial charge is 0.184 e. The number of thiazole rings is 1. The van der Waals surface area contributed by atoms with E-state index in [4.69, 9.17) is 0 Å². The molecule has 0 fully saturated rings. The van der Waals surface area contributed by atoms with Gasteiger partial charge in [0.1, 0.15) is 16.4 Å². The number of rotatable bonds is 5. The molecule has 0 aromatic carbocycles. The molecule has 0 aliphatic heterocycles. The minimum Gasteiger partial charge on any atom is -0.354 e. The van der Waals surface area contributed by atoms with Gasteiger partial charge in [0.05, 0.1) is 12.2 Å². The Morgan fingerprint density at radius 1 is 1.14 bits per heavy atom. The van der Waals surface area contributed by atoms with Crippen LogP contribution in [0.25, 0.3) is 11.4 Å². The number of nitrogens with one attached hydrogen (secondary N) is 1. The van der Waals surface area contributed by atoms with Gasteiger partial charge in [-0.15, -0.1) is 0 Å². The number of carbonyl (C=O) groups is 1. The van der Waals surface area contributed by atoms with Gasteiger partial charge in [-0.05, 0) is 18.2 Å². The molecule has 3 heterocycles. The van der Waals surface area contributed by atoms with Crippen LogP contribution < -0.4 is 5.32 Å². The van der Waals surface area contributed by atoms with Crippen molar-refractivity contribution in [2.75, 3.05) is 5.32 Å². The Hall–Kier alpha value is -2.67. The lowest BCUT2D eigenvalue weighted by Crippen LogP contribution is -2.03. The normalized spacial score (nSPS) is 10.4. The van der Waals surface area contributed by atoms with E-state index < -0.39 is 0 Å². The van der Waals surface area contributed by atoms with Crippen molar-refractivity contribution in [2.45, 2.75) is 13.5 Å². The fraction of sp³-hybridized carbons (Fsp3) is 0.133. The highest BCUT2D eigenvalue weighted by Crippen LogP contribution is 2.30. The zero-order chi connectivity index (χ0) is 15.4. The van der Waals surface area contributed by atoms with Crippen molar-refractivity contribution >= 4 is 22.3 Å². The number of aromatic nitrogens is 4. The van der Waals surface area contributed by atoms with E-state index in [0.717, 1.165) is 0 Å². The molecule has 0 spiro atoms. The van der Waals surface area contributed by atoms with Gasteiger partial charge in [0, 0.05) is 25.5 Å². The number of hydrogen-bond acceptors (Lipinski definition) is 7. The van der Waals surface area contributed by atoms with Gasteiger partial charge < -0.3 is 5.32 Å². The number of pyridine rings is 1. The van der Waals surface area contributed by atoms with Gasteiger partial charge in [-0.3, -0.25) is 9.78 Å². The van der Waals surface area contributed by atoms with Crippen LogP contribution in [0.1, 0.15) is 22.4 Å². The number of anilines is 1. The van der Waals surface area contributed by atoms with E-state index in [1.807, 2.05) is 18.2 Å². The molecule has 0 aliphatic rings. The van der Waals surface area contributed by atoms with Crippen LogP contribution in [0.15, 0.2) is 42.9 Å². The van der Waals surface area contributed by atoms with E-state index >= 15 is 0 Å². The van der Waals surface area contributed by atoms with Gasteiger partial charge >= 0.3 is 0 Å². The standard InChI is InChI=1S/C15H13N5OS/c1-10(21)14-13(11-5-2-3-6-16-11)20-15(22-14)19-9-12-17-7-4-8-18-12/h2-8H,9H2,1H3,(H,19,20). The van der Waals surface area contributed by atoms with Crippen LogP contribution in [0.3, 0.4) is 0 Å². The molecular formula is C15H13N5OS. The highest BCUT2D eigenvalue weighted by Gasteiger charge is 2.17. The lowest BCUT2D eigenvalue weighted by Gasteiger charge is -2.00. The van der Waals surface area contributed by atoms with Gasteiger partial charge in [0.25, 0.3) is 0 Å². The molecule has 3 aromatic rings. The first kappa shape index (κ1) is 14.3. The lowest BCUT2D eigenvalue weighted by atomic mass is 10.2. The first-order valence-corrected chi connectivity index (χ1v) is 7.48. The number of Topliss-reactive ketones (excluding diaryl/α,β-unsaturated/α-hetero) is 1.